The van der Waals surface area contributed by atoms with Gasteiger partial charge in [0.05, 0.1) is 28.5 Å². The number of carbonyl (C=O) groups excluding carboxylic acids is 1. The first-order chi connectivity index (χ1) is 17.5. The zero-order chi connectivity index (χ0) is 25.1. The molecule has 1 N–H and O–H groups in total. The first-order valence-corrected chi connectivity index (χ1v) is 12.3. The Kier molecular flexibility index (Phi) is 7.14. The summed E-state index contributed by atoms with van der Waals surface area (Å²) in [7, 11) is 0. The number of benzene rings is 4. The Morgan fingerprint density at radius 3 is 2.50 bits per heavy atom. The standard InChI is InChI=1S/C28H20Cl3N3O2/c29-22-12-25(30)27(26(31)13-22)36-17-18-5-3-8-20(11-18)28(35)33-23-14-32-34(16-23)15-21-9-4-7-19-6-1-2-10-24(19)21/h1-14,16H,15,17H2,(H,33,35). The van der Waals surface area contributed by atoms with Gasteiger partial charge in [-0.05, 0) is 46.2 Å². The number of ether oxygens (including phenoxy) is 1. The van der Waals surface area contributed by atoms with Crippen LogP contribution < -0.4 is 10.1 Å². The highest BCUT2D eigenvalue weighted by atomic mass is 35.5. The highest BCUT2D eigenvalue weighted by molar-refractivity contribution is 6.40. The lowest BCUT2D eigenvalue weighted by molar-refractivity contribution is 0.102. The Bertz CT molecular complexity index is 1540. The molecule has 0 saturated heterocycles. The molecule has 0 fully saturated rings. The van der Waals surface area contributed by atoms with Crippen LogP contribution in [0.25, 0.3) is 10.8 Å². The first kappa shape index (κ1) is 24.2. The van der Waals surface area contributed by atoms with E-state index in [1.165, 1.54) is 10.8 Å². The molecule has 0 atom stereocenters. The second-order valence-electron chi connectivity index (χ2n) is 8.21. The van der Waals surface area contributed by atoms with Crippen molar-refractivity contribution in [2.24, 2.45) is 0 Å². The van der Waals surface area contributed by atoms with E-state index in [1.807, 2.05) is 30.5 Å². The fraction of sp³-hybridized carbons (Fsp3) is 0.0714. The normalized spacial score (nSPS) is 11.0. The van der Waals surface area contributed by atoms with Gasteiger partial charge in [0.15, 0.2) is 5.75 Å². The molecule has 0 saturated carbocycles. The van der Waals surface area contributed by atoms with Gasteiger partial charge >= 0.3 is 0 Å². The first-order valence-electron chi connectivity index (χ1n) is 11.1. The van der Waals surface area contributed by atoms with Crippen LogP contribution >= 0.6 is 34.8 Å². The number of nitrogens with one attached hydrogen (secondary N) is 1. The Morgan fingerprint density at radius 2 is 1.67 bits per heavy atom. The molecule has 4 aromatic carbocycles. The van der Waals surface area contributed by atoms with Crippen LogP contribution in [0.15, 0.2) is 91.3 Å². The van der Waals surface area contributed by atoms with E-state index in [1.54, 1.807) is 41.2 Å². The van der Waals surface area contributed by atoms with Crippen molar-refractivity contribution in [1.82, 2.24) is 9.78 Å². The van der Waals surface area contributed by atoms with E-state index >= 15 is 0 Å². The SMILES string of the molecule is O=C(Nc1cnn(Cc2cccc3ccccc23)c1)c1cccc(COc2c(Cl)cc(Cl)cc2Cl)c1. The van der Waals surface area contributed by atoms with Crippen molar-refractivity contribution in [1.29, 1.82) is 0 Å². The monoisotopic (exact) mass is 535 g/mol. The molecule has 5 nitrogen and oxygen atoms in total. The molecule has 0 unspecified atom stereocenters. The molecule has 0 aliphatic carbocycles. The van der Waals surface area contributed by atoms with E-state index in [9.17, 15) is 4.79 Å². The van der Waals surface area contributed by atoms with E-state index < -0.39 is 0 Å². The maximum Gasteiger partial charge on any atom is 0.255 e. The molecule has 1 aromatic heterocycles. The Balaban J connectivity index is 1.25. The lowest BCUT2D eigenvalue weighted by Gasteiger charge is -2.11. The van der Waals surface area contributed by atoms with Crippen LogP contribution in [-0.4, -0.2) is 15.7 Å². The number of halogens is 3. The molecule has 8 heteroatoms. The summed E-state index contributed by atoms with van der Waals surface area (Å²) in [4.78, 5) is 12.9. The lowest BCUT2D eigenvalue weighted by atomic mass is 10.0. The Morgan fingerprint density at radius 1 is 0.917 bits per heavy atom. The van der Waals surface area contributed by atoms with Gasteiger partial charge in [-0.25, -0.2) is 0 Å². The average molecular weight is 537 g/mol. The summed E-state index contributed by atoms with van der Waals surface area (Å²) in [6, 6.07) is 24.7. The fourth-order valence-corrected chi connectivity index (χ4v) is 4.87. The van der Waals surface area contributed by atoms with Crippen LogP contribution in [0.5, 0.6) is 5.75 Å². The van der Waals surface area contributed by atoms with Crippen LogP contribution in [0.4, 0.5) is 5.69 Å². The van der Waals surface area contributed by atoms with E-state index in [4.69, 9.17) is 39.5 Å². The molecule has 0 bridgehead atoms. The summed E-state index contributed by atoms with van der Waals surface area (Å²) in [5.41, 5.74) is 3.05. The molecule has 0 spiro atoms. The van der Waals surface area contributed by atoms with Crippen LogP contribution in [-0.2, 0) is 13.2 Å². The topological polar surface area (TPSA) is 56.2 Å². The summed E-state index contributed by atoms with van der Waals surface area (Å²) in [5, 5.41) is 10.8. The van der Waals surface area contributed by atoms with Gasteiger partial charge in [-0.3, -0.25) is 9.48 Å². The molecule has 36 heavy (non-hydrogen) atoms. The third-order valence-electron chi connectivity index (χ3n) is 5.64. The quantitative estimate of drug-likeness (QED) is 0.230. The van der Waals surface area contributed by atoms with Crippen molar-refractivity contribution < 1.29 is 9.53 Å². The van der Waals surface area contributed by atoms with Crippen molar-refractivity contribution in [3.05, 3.63) is 123 Å². The lowest BCUT2D eigenvalue weighted by Crippen LogP contribution is -2.12. The molecular formula is C28H20Cl3N3O2. The molecule has 0 radical (unpaired) electrons. The van der Waals surface area contributed by atoms with Crippen molar-refractivity contribution >= 4 is 57.2 Å². The van der Waals surface area contributed by atoms with Crippen LogP contribution in [0.3, 0.4) is 0 Å². The van der Waals surface area contributed by atoms with Gasteiger partial charge < -0.3 is 10.1 Å². The second-order valence-corrected chi connectivity index (χ2v) is 9.46. The number of anilines is 1. The highest BCUT2D eigenvalue weighted by Gasteiger charge is 2.12. The predicted molar refractivity (Wildman–Crippen MR) is 145 cm³/mol. The highest BCUT2D eigenvalue weighted by Crippen LogP contribution is 2.36. The molecule has 5 aromatic rings. The molecule has 5 rings (SSSR count). The van der Waals surface area contributed by atoms with Crippen LogP contribution in [0, 0.1) is 0 Å². The van der Waals surface area contributed by atoms with Gasteiger partial charge in [0.25, 0.3) is 5.91 Å². The molecule has 1 amide bonds. The maximum atomic E-state index is 12.9. The second kappa shape index (κ2) is 10.6. The fourth-order valence-electron chi connectivity index (χ4n) is 3.95. The molecule has 0 aliphatic heterocycles. The largest absolute Gasteiger partial charge is 0.486 e. The van der Waals surface area contributed by atoms with E-state index in [-0.39, 0.29) is 12.5 Å². The molecule has 1 heterocycles. The number of hydrogen-bond acceptors (Lipinski definition) is 3. The Labute approximate surface area is 223 Å². The van der Waals surface area contributed by atoms with Gasteiger partial charge in [0.1, 0.15) is 6.61 Å². The van der Waals surface area contributed by atoms with E-state index in [0.29, 0.717) is 38.6 Å². The number of aromatic nitrogens is 2. The van der Waals surface area contributed by atoms with Crippen molar-refractivity contribution in [2.75, 3.05) is 5.32 Å². The summed E-state index contributed by atoms with van der Waals surface area (Å²) >= 11 is 18.3. The summed E-state index contributed by atoms with van der Waals surface area (Å²) in [6.07, 6.45) is 3.46. The number of rotatable bonds is 7. The van der Waals surface area contributed by atoms with Gasteiger partial charge in [0, 0.05) is 16.8 Å². The molecular weight excluding hydrogens is 517 g/mol. The van der Waals surface area contributed by atoms with Crippen molar-refractivity contribution in [3.63, 3.8) is 0 Å². The van der Waals surface area contributed by atoms with E-state index in [0.717, 1.165) is 11.1 Å². The summed E-state index contributed by atoms with van der Waals surface area (Å²) in [6.45, 7) is 0.783. The number of hydrogen-bond donors (Lipinski definition) is 1. The van der Waals surface area contributed by atoms with Crippen LogP contribution in [0.1, 0.15) is 21.5 Å². The number of nitrogens with zero attached hydrogens (tertiary/aromatic N) is 2. The third kappa shape index (κ3) is 5.49. The van der Waals surface area contributed by atoms with Gasteiger partial charge in [-0.2, -0.15) is 5.10 Å². The minimum absolute atomic E-state index is 0.186. The minimum Gasteiger partial charge on any atom is -0.486 e. The van der Waals surface area contributed by atoms with Gasteiger partial charge in [-0.15, -0.1) is 0 Å². The van der Waals surface area contributed by atoms with Gasteiger partial charge in [0.2, 0.25) is 0 Å². The Hall–Kier alpha value is -3.51. The number of amides is 1. The zero-order valence-electron chi connectivity index (χ0n) is 18.9. The summed E-state index contributed by atoms with van der Waals surface area (Å²) < 4.78 is 7.59. The van der Waals surface area contributed by atoms with Crippen LogP contribution in [0.2, 0.25) is 15.1 Å². The smallest absolute Gasteiger partial charge is 0.255 e. The zero-order valence-corrected chi connectivity index (χ0v) is 21.2. The van der Waals surface area contributed by atoms with E-state index in [2.05, 4.69) is 34.7 Å². The molecule has 180 valence electrons. The van der Waals surface area contributed by atoms with Gasteiger partial charge in [-0.1, -0.05) is 89.4 Å². The third-order valence-corrected chi connectivity index (χ3v) is 6.42. The molecule has 0 aliphatic rings. The minimum atomic E-state index is -0.246. The summed E-state index contributed by atoms with van der Waals surface area (Å²) in [5.74, 6) is 0.0975. The number of fused-ring (bicyclic) bond motifs is 1. The van der Waals surface area contributed by atoms with Crippen molar-refractivity contribution in [2.45, 2.75) is 13.2 Å². The van der Waals surface area contributed by atoms with Crippen molar-refractivity contribution in [3.8, 4) is 5.75 Å². The maximum absolute atomic E-state index is 12.9. The number of carbonyl (C=O) groups is 1. The predicted octanol–water partition coefficient (Wildman–Crippen LogP) is 7.88. The average Bonchev–Trinajstić information content (AvgIpc) is 3.30.